The van der Waals surface area contributed by atoms with Crippen LogP contribution >= 0.6 is 0 Å². The third kappa shape index (κ3) is 3.93. The van der Waals surface area contributed by atoms with E-state index in [1.807, 2.05) is 0 Å². The highest BCUT2D eigenvalue weighted by molar-refractivity contribution is 5.65. The summed E-state index contributed by atoms with van der Waals surface area (Å²) in [6.07, 6.45) is 7.14. The van der Waals surface area contributed by atoms with Gasteiger partial charge in [-0.15, -0.1) is 5.10 Å². The summed E-state index contributed by atoms with van der Waals surface area (Å²) in [5.41, 5.74) is 7.13. The number of nitrogens with two attached hydrogens (primary N) is 1. The summed E-state index contributed by atoms with van der Waals surface area (Å²) < 4.78 is 59.0. The van der Waals surface area contributed by atoms with Crippen molar-refractivity contribution in [3.05, 3.63) is 78.5 Å². The second-order valence-electron chi connectivity index (χ2n) is 7.72. The van der Waals surface area contributed by atoms with Crippen LogP contribution in [0.4, 0.5) is 23.5 Å². The molecule has 0 saturated heterocycles. The molecule has 8 nitrogen and oxygen atoms in total. The maximum atomic E-state index is 14.5. The quantitative estimate of drug-likeness (QED) is 0.389. The first-order valence-electron chi connectivity index (χ1n) is 10.0. The summed E-state index contributed by atoms with van der Waals surface area (Å²) in [6.45, 7) is 0.768. The molecule has 4 heterocycles. The highest BCUT2D eigenvalue weighted by Gasteiger charge is 2.37. The molecular formula is C22H16F4N8. The predicted octanol–water partition coefficient (Wildman–Crippen LogP) is 4.15. The van der Waals surface area contributed by atoms with Crippen LogP contribution in [0, 0.1) is 11.6 Å². The Morgan fingerprint density at radius 3 is 2.35 bits per heavy atom. The minimum absolute atomic E-state index is 0.0287. The second-order valence-corrected chi connectivity index (χ2v) is 7.72. The fraction of sp³-hybridized carbons (Fsp3) is 0.136. The van der Waals surface area contributed by atoms with Gasteiger partial charge in [0, 0.05) is 30.4 Å². The molecule has 0 aliphatic carbocycles. The van der Waals surface area contributed by atoms with E-state index in [2.05, 4.69) is 25.1 Å². The summed E-state index contributed by atoms with van der Waals surface area (Å²) in [6, 6.07) is 4.58. The van der Waals surface area contributed by atoms with Crippen molar-refractivity contribution in [1.29, 1.82) is 0 Å². The summed E-state index contributed by atoms with van der Waals surface area (Å²) in [4.78, 5) is 12.4. The number of rotatable bonds is 5. The van der Waals surface area contributed by atoms with Crippen molar-refractivity contribution in [2.24, 2.45) is 0 Å². The van der Waals surface area contributed by atoms with E-state index < -0.39 is 23.6 Å². The SMILES string of the molecule is CC(F)(F)[C@@H](c1ccc(F)cc1)n1cc(-c2cncc(-c3cc(F)c4nc(N)nn4c3)n2)cn1. The van der Waals surface area contributed by atoms with Gasteiger partial charge in [0.1, 0.15) is 11.9 Å². The molecule has 2 N–H and O–H groups in total. The molecule has 5 aromatic rings. The van der Waals surface area contributed by atoms with Gasteiger partial charge >= 0.3 is 0 Å². The Bertz CT molecular complexity index is 1490. The van der Waals surface area contributed by atoms with Gasteiger partial charge in [-0.3, -0.25) is 9.67 Å². The Balaban J connectivity index is 1.52. The largest absolute Gasteiger partial charge is 0.366 e. The van der Waals surface area contributed by atoms with Crippen LogP contribution in [-0.2, 0) is 0 Å². The number of anilines is 1. The molecule has 0 spiro atoms. The number of halogens is 4. The van der Waals surface area contributed by atoms with E-state index in [-0.39, 0.29) is 17.2 Å². The second kappa shape index (κ2) is 7.90. The number of hydrogen-bond donors (Lipinski definition) is 1. The van der Waals surface area contributed by atoms with Crippen molar-refractivity contribution in [1.82, 2.24) is 34.3 Å². The zero-order valence-electron chi connectivity index (χ0n) is 17.6. The molecule has 34 heavy (non-hydrogen) atoms. The topological polar surface area (TPSA) is 99.8 Å². The Kier molecular flexibility index (Phi) is 5.00. The summed E-state index contributed by atoms with van der Waals surface area (Å²) in [5, 5.41) is 8.01. The van der Waals surface area contributed by atoms with Gasteiger partial charge in [-0.25, -0.2) is 27.1 Å². The average Bonchev–Trinajstić information content (AvgIpc) is 3.41. The van der Waals surface area contributed by atoms with Crippen LogP contribution in [0.5, 0.6) is 0 Å². The van der Waals surface area contributed by atoms with Crippen LogP contribution in [0.2, 0.25) is 0 Å². The van der Waals surface area contributed by atoms with E-state index >= 15 is 0 Å². The van der Waals surface area contributed by atoms with Gasteiger partial charge in [-0.05, 0) is 23.8 Å². The van der Waals surface area contributed by atoms with Crippen molar-refractivity contribution in [2.45, 2.75) is 18.9 Å². The molecule has 5 rings (SSSR count). The smallest absolute Gasteiger partial charge is 0.271 e. The van der Waals surface area contributed by atoms with E-state index in [0.717, 1.165) is 23.7 Å². The normalized spacial score (nSPS) is 12.9. The first kappa shape index (κ1) is 21.5. The Morgan fingerprint density at radius 2 is 1.65 bits per heavy atom. The molecule has 0 bridgehead atoms. The number of nitrogen functional groups attached to an aromatic ring is 1. The van der Waals surface area contributed by atoms with Crippen LogP contribution in [0.15, 0.2) is 61.3 Å². The van der Waals surface area contributed by atoms with E-state index in [1.54, 1.807) is 0 Å². The van der Waals surface area contributed by atoms with Gasteiger partial charge in [-0.1, -0.05) is 12.1 Å². The zero-order valence-corrected chi connectivity index (χ0v) is 17.6. The molecule has 0 amide bonds. The minimum atomic E-state index is -3.19. The molecule has 12 heteroatoms. The van der Waals surface area contributed by atoms with Crippen molar-refractivity contribution in [2.75, 3.05) is 5.73 Å². The number of benzene rings is 1. The van der Waals surface area contributed by atoms with Gasteiger partial charge in [0.2, 0.25) is 5.95 Å². The maximum Gasteiger partial charge on any atom is 0.271 e. The monoisotopic (exact) mass is 468 g/mol. The summed E-state index contributed by atoms with van der Waals surface area (Å²) >= 11 is 0. The summed E-state index contributed by atoms with van der Waals surface area (Å²) in [5.74, 6) is -4.44. The minimum Gasteiger partial charge on any atom is -0.366 e. The maximum absolute atomic E-state index is 14.5. The molecule has 4 aromatic heterocycles. The molecular weight excluding hydrogens is 452 g/mol. The van der Waals surface area contributed by atoms with Crippen LogP contribution < -0.4 is 5.73 Å². The van der Waals surface area contributed by atoms with Gasteiger partial charge < -0.3 is 5.73 Å². The van der Waals surface area contributed by atoms with Crippen molar-refractivity contribution in [3.8, 4) is 22.5 Å². The Hall–Kier alpha value is -4.35. The van der Waals surface area contributed by atoms with Crippen LogP contribution in [0.1, 0.15) is 18.5 Å². The lowest BCUT2D eigenvalue weighted by Gasteiger charge is -2.24. The number of pyridine rings is 1. The van der Waals surface area contributed by atoms with E-state index in [1.165, 1.54) is 53.7 Å². The highest BCUT2D eigenvalue weighted by Crippen LogP contribution is 2.35. The van der Waals surface area contributed by atoms with Gasteiger partial charge in [-0.2, -0.15) is 10.1 Å². The number of fused-ring (bicyclic) bond motifs is 1. The Labute approximate surface area is 189 Å². The highest BCUT2D eigenvalue weighted by atomic mass is 19.3. The van der Waals surface area contributed by atoms with Crippen molar-refractivity contribution in [3.63, 3.8) is 0 Å². The third-order valence-electron chi connectivity index (χ3n) is 5.16. The molecule has 0 radical (unpaired) electrons. The molecule has 1 aromatic carbocycles. The molecule has 0 unspecified atom stereocenters. The molecule has 0 saturated carbocycles. The van der Waals surface area contributed by atoms with E-state index in [0.29, 0.717) is 22.5 Å². The molecule has 0 aliphatic rings. The van der Waals surface area contributed by atoms with Crippen molar-refractivity contribution < 1.29 is 17.6 Å². The lowest BCUT2D eigenvalue weighted by atomic mass is 10.0. The number of aromatic nitrogens is 7. The number of hydrogen-bond acceptors (Lipinski definition) is 6. The standard InChI is InChI=1S/C22H16F4N8/c1-22(25,26)19(12-2-4-15(23)5-3-12)33-11-14(7-29-33)18-9-28-8-17(30-18)13-6-16(24)20-31-21(27)32-34(20)10-13/h2-11,19H,1H3,(H2,27,32)/t19-/m1/s1. The lowest BCUT2D eigenvalue weighted by Crippen LogP contribution is -2.29. The summed E-state index contributed by atoms with van der Waals surface area (Å²) in [7, 11) is 0. The third-order valence-corrected chi connectivity index (χ3v) is 5.16. The van der Waals surface area contributed by atoms with Crippen LogP contribution in [0.25, 0.3) is 28.2 Å². The molecule has 1 atom stereocenters. The first-order chi connectivity index (χ1) is 16.2. The van der Waals surface area contributed by atoms with Crippen LogP contribution in [0.3, 0.4) is 0 Å². The van der Waals surface area contributed by atoms with Crippen LogP contribution in [-0.4, -0.2) is 40.3 Å². The fourth-order valence-electron chi connectivity index (χ4n) is 3.68. The van der Waals surface area contributed by atoms with Gasteiger partial charge in [0.05, 0.1) is 30.0 Å². The van der Waals surface area contributed by atoms with Gasteiger partial charge in [0.15, 0.2) is 11.5 Å². The number of nitrogens with zero attached hydrogens (tertiary/aromatic N) is 7. The molecule has 0 aliphatic heterocycles. The Morgan fingerprint density at radius 1 is 0.941 bits per heavy atom. The first-order valence-corrected chi connectivity index (χ1v) is 10.0. The van der Waals surface area contributed by atoms with Gasteiger partial charge in [0.25, 0.3) is 5.92 Å². The fourth-order valence-corrected chi connectivity index (χ4v) is 3.68. The zero-order chi connectivity index (χ0) is 24.0. The average molecular weight is 468 g/mol. The predicted molar refractivity (Wildman–Crippen MR) is 115 cm³/mol. The molecule has 0 fully saturated rings. The molecule has 172 valence electrons. The number of alkyl halides is 2. The van der Waals surface area contributed by atoms with Crippen molar-refractivity contribution >= 4 is 11.6 Å². The van der Waals surface area contributed by atoms with E-state index in [9.17, 15) is 17.6 Å². The lowest BCUT2D eigenvalue weighted by molar-refractivity contribution is -0.0217. The van der Waals surface area contributed by atoms with E-state index in [4.69, 9.17) is 5.73 Å².